The van der Waals surface area contributed by atoms with E-state index in [4.69, 9.17) is 4.52 Å². The topological polar surface area (TPSA) is 76.2 Å². The van der Waals surface area contributed by atoms with Gasteiger partial charge >= 0.3 is 0 Å². The monoisotopic (exact) mass is 303 g/mol. The number of rotatable bonds is 3. The number of hydrogen-bond donors (Lipinski definition) is 1. The molecule has 3 rings (SSSR count). The fraction of sp³-hybridized carbons (Fsp3) is 0.533. The van der Waals surface area contributed by atoms with Crippen LogP contribution in [0.4, 0.5) is 5.82 Å². The molecule has 1 aliphatic rings. The number of nitrogens with one attached hydrogen (secondary N) is 1. The first-order valence-electron chi connectivity index (χ1n) is 7.52. The Bertz CT molecular complexity index is 648. The van der Waals surface area contributed by atoms with Crippen LogP contribution in [-0.4, -0.2) is 45.9 Å². The fourth-order valence-corrected chi connectivity index (χ4v) is 2.93. The summed E-state index contributed by atoms with van der Waals surface area (Å²) in [6.07, 6.45) is 3.79. The van der Waals surface area contributed by atoms with Crippen LogP contribution in [0.1, 0.15) is 40.7 Å². The summed E-state index contributed by atoms with van der Waals surface area (Å²) >= 11 is 0. The molecule has 1 N–H and O–H groups in total. The number of aromatic nitrogens is 3. The second-order valence-corrected chi connectivity index (χ2v) is 5.85. The Balaban J connectivity index is 1.77. The Morgan fingerprint density at radius 3 is 2.73 bits per heavy atom. The SMILES string of the molecule is Cc1noc(C)c1C(=O)Nc1ccnn1C1CCN(C)CC1. The van der Waals surface area contributed by atoms with E-state index in [1.54, 1.807) is 20.0 Å². The lowest BCUT2D eigenvalue weighted by molar-refractivity contribution is 0.102. The molecule has 0 aliphatic carbocycles. The predicted molar refractivity (Wildman–Crippen MR) is 81.9 cm³/mol. The molecule has 1 aliphatic heterocycles. The van der Waals surface area contributed by atoms with Gasteiger partial charge in [-0.2, -0.15) is 5.10 Å². The molecule has 0 aromatic carbocycles. The van der Waals surface area contributed by atoms with Crippen molar-refractivity contribution in [3.8, 4) is 0 Å². The quantitative estimate of drug-likeness (QED) is 0.938. The lowest BCUT2D eigenvalue weighted by atomic mass is 10.1. The first-order chi connectivity index (χ1) is 10.6. The van der Waals surface area contributed by atoms with Crippen molar-refractivity contribution in [3.05, 3.63) is 29.3 Å². The largest absolute Gasteiger partial charge is 0.361 e. The summed E-state index contributed by atoms with van der Waals surface area (Å²) in [5, 5.41) is 11.1. The van der Waals surface area contributed by atoms with Crippen LogP contribution in [0.2, 0.25) is 0 Å². The molecule has 0 unspecified atom stereocenters. The lowest BCUT2D eigenvalue weighted by Crippen LogP contribution is -2.32. The van der Waals surface area contributed by atoms with Gasteiger partial charge in [-0.1, -0.05) is 5.16 Å². The van der Waals surface area contributed by atoms with Gasteiger partial charge in [-0.05, 0) is 46.8 Å². The van der Waals surface area contributed by atoms with Gasteiger partial charge in [0.25, 0.3) is 5.91 Å². The maximum atomic E-state index is 12.4. The number of anilines is 1. The number of hydrogen-bond acceptors (Lipinski definition) is 5. The predicted octanol–water partition coefficient (Wildman–Crippen LogP) is 2.01. The molecule has 118 valence electrons. The van der Waals surface area contributed by atoms with Crippen molar-refractivity contribution in [1.29, 1.82) is 0 Å². The molecule has 7 nitrogen and oxygen atoms in total. The molecule has 2 aromatic rings. The number of likely N-dealkylation sites (tertiary alicyclic amines) is 1. The molecule has 0 bridgehead atoms. The van der Waals surface area contributed by atoms with Crippen molar-refractivity contribution in [2.45, 2.75) is 32.7 Å². The molecule has 2 aromatic heterocycles. The standard InChI is InChI=1S/C15H21N5O2/c1-10-14(11(2)22-18-10)15(21)17-13-4-7-16-20(13)12-5-8-19(3)9-6-12/h4,7,12H,5-6,8-9H2,1-3H3,(H,17,21). The van der Waals surface area contributed by atoms with E-state index >= 15 is 0 Å². The van der Waals surface area contributed by atoms with Crippen molar-refractivity contribution in [3.63, 3.8) is 0 Å². The first-order valence-corrected chi connectivity index (χ1v) is 7.52. The van der Waals surface area contributed by atoms with Crippen molar-refractivity contribution in [2.24, 2.45) is 0 Å². The Morgan fingerprint density at radius 2 is 2.09 bits per heavy atom. The minimum atomic E-state index is -0.203. The molecule has 0 atom stereocenters. The van der Waals surface area contributed by atoms with Crippen LogP contribution in [0.3, 0.4) is 0 Å². The molecule has 1 fully saturated rings. The second kappa shape index (κ2) is 5.92. The summed E-state index contributed by atoms with van der Waals surface area (Å²) < 4.78 is 6.97. The summed E-state index contributed by atoms with van der Waals surface area (Å²) in [5.74, 6) is 1.05. The smallest absolute Gasteiger partial charge is 0.262 e. The van der Waals surface area contributed by atoms with Gasteiger partial charge < -0.3 is 14.7 Å². The molecular formula is C15H21N5O2. The van der Waals surface area contributed by atoms with Crippen LogP contribution in [0.5, 0.6) is 0 Å². The van der Waals surface area contributed by atoms with E-state index in [1.165, 1.54) is 0 Å². The summed E-state index contributed by atoms with van der Waals surface area (Å²) in [6.45, 7) is 5.59. The zero-order valence-electron chi connectivity index (χ0n) is 13.2. The third-order valence-electron chi connectivity index (χ3n) is 4.21. The number of amides is 1. The Labute approximate surface area is 129 Å². The zero-order chi connectivity index (χ0) is 15.7. The Hall–Kier alpha value is -2.15. The van der Waals surface area contributed by atoms with Crippen LogP contribution < -0.4 is 5.32 Å². The highest BCUT2D eigenvalue weighted by atomic mass is 16.5. The summed E-state index contributed by atoms with van der Waals surface area (Å²) in [5.41, 5.74) is 1.09. The van der Waals surface area contributed by atoms with Gasteiger partial charge in [0, 0.05) is 6.07 Å². The molecular weight excluding hydrogens is 282 g/mol. The normalized spacial score (nSPS) is 16.9. The van der Waals surface area contributed by atoms with Gasteiger partial charge in [0.1, 0.15) is 17.1 Å². The van der Waals surface area contributed by atoms with Crippen LogP contribution in [-0.2, 0) is 0 Å². The summed E-state index contributed by atoms with van der Waals surface area (Å²) in [6, 6.07) is 2.15. The maximum Gasteiger partial charge on any atom is 0.262 e. The van der Waals surface area contributed by atoms with Crippen LogP contribution in [0.15, 0.2) is 16.8 Å². The fourth-order valence-electron chi connectivity index (χ4n) is 2.93. The highest BCUT2D eigenvalue weighted by molar-refractivity contribution is 6.05. The Kier molecular flexibility index (Phi) is 3.98. The third-order valence-corrected chi connectivity index (χ3v) is 4.21. The zero-order valence-corrected chi connectivity index (χ0v) is 13.2. The van der Waals surface area contributed by atoms with Crippen molar-refractivity contribution in [2.75, 3.05) is 25.5 Å². The van der Waals surface area contributed by atoms with Gasteiger partial charge in [0.15, 0.2) is 0 Å². The van der Waals surface area contributed by atoms with Gasteiger partial charge in [-0.15, -0.1) is 0 Å². The van der Waals surface area contributed by atoms with E-state index in [0.717, 1.165) is 31.7 Å². The average molecular weight is 303 g/mol. The molecule has 1 saturated heterocycles. The summed E-state index contributed by atoms with van der Waals surface area (Å²) in [7, 11) is 2.12. The number of carbonyl (C=O) groups excluding carboxylic acids is 1. The highest BCUT2D eigenvalue weighted by Gasteiger charge is 2.23. The van der Waals surface area contributed by atoms with Gasteiger partial charge in [-0.3, -0.25) is 4.79 Å². The van der Waals surface area contributed by atoms with E-state index in [0.29, 0.717) is 23.1 Å². The van der Waals surface area contributed by atoms with Crippen molar-refractivity contribution >= 4 is 11.7 Å². The van der Waals surface area contributed by atoms with Gasteiger partial charge in [0.05, 0.1) is 17.9 Å². The first kappa shape index (κ1) is 14.8. The maximum absolute atomic E-state index is 12.4. The highest BCUT2D eigenvalue weighted by Crippen LogP contribution is 2.25. The molecule has 1 amide bonds. The number of nitrogens with zero attached hydrogens (tertiary/aromatic N) is 4. The molecule has 7 heteroatoms. The van der Waals surface area contributed by atoms with Gasteiger partial charge in [-0.25, -0.2) is 4.68 Å². The van der Waals surface area contributed by atoms with Crippen LogP contribution in [0.25, 0.3) is 0 Å². The van der Waals surface area contributed by atoms with Crippen LogP contribution >= 0.6 is 0 Å². The van der Waals surface area contributed by atoms with Crippen LogP contribution in [0, 0.1) is 13.8 Å². The van der Waals surface area contributed by atoms with E-state index in [-0.39, 0.29) is 5.91 Å². The molecule has 0 spiro atoms. The molecule has 22 heavy (non-hydrogen) atoms. The average Bonchev–Trinajstić information content (AvgIpc) is 3.07. The number of carbonyl (C=O) groups is 1. The molecule has 0 saturated carbocycles. The third kappa shape index (κ3) is 2.76. The Morgan fingerprint density at radius 1 is 1.36 bits per heavy atom. The van der Waals surface area contributed by atoms with E-state index in [1.807, 2.05) is 10.7 Å². The molecule has 0 radical (unpaired) electrons. The minimum absolute atomic E-state index is 0.203. The van der Waals surface area contributed by atoms with E-state index in [2.05, 4.69) is 27.5 Å². The number of piperidine rings is 1. The number of aryl methyl sites for hydroxylation is 2. The lowest BCUT2D eigenvalue weighted by Gasteiger charge is -2.29. The second-order valence-electron chi connectivity index (χ2n) is 5.85. The van der Waals surface area contributed by atoms with Crippen molar-refractivity contribution in [1.82, 2.24) is 19.8 Å². The minimum Gasteiger partial charge on any atom is -0.361 e. The van der Waals surface area contributed by atoms with E-state index in [9.17, 15) is 4.79 Å². The molecule has 3 heterocycles. The summed E-state index contributed by atoms with van der Waals surface area (Å²) in [4.78, 5) is 14.7. The van der Waals surface area contributed by atoms with Gasteiger partial charge in [0.2, 0.25) is 0 Å². The van der Waals surface area contributed by atoms with E-state index < -0.39 is 0 Å². The van der Waals surface area contributed by atoms with Crippen molar-refractivity contribution < 1.29 is 9.32 Å².